The number of aromatic nitrogens is 1. The highest BCUT2D eigenvalue weighted by atomic mass is 32.2. The highest BCUT2D eigenvalue weighted by Crippen LogP contribution is 2.15. The normalized spacial score (nSPS) is 9.25. The van der Waals surface area contributed by atoms with Crippen LogP contribution < -0.4 is 0 Å². The molecule has 0 aliphatic heterocycles. The van der Waals surface area contributed by atoms with Gasteiger partial charge in [-0.15, -0.1) is 24.1 Å². The summed E-state index contributed by atoms with van der Waals surface area (Å²) in [5.74, 6) is 3.68. The van der Waals surface area contributed by atoms with Crippen LogP contribution in [0.2, 0.25) is 0 Å². The second-order valence-electron chi connectivity index (χ2n) is 2.32. The summed E-state index contributed by atoms with van der Waals surface area (Å²) < 4.78 is 0. The smallest absolute Gasteiger partial charge is 0.0959 e. The van der Waals surface area contributed by atoms with E-state index in [0.29, 0.717) is 0 Å². The van der Waals surface area contributed by atoms with Crippen molar-refractivity contribution < 1.29 is 0 Å². The van der Waals surface area contributed by atoms with Gasteiger partial charge in [0.25, 0.3) is 0 Å². The Hall–Kier alpha value is -0.940. The monoisotopic (exact) mass is 177 g/mol. The fourth-order valence-electron chi connectivity index (χ4n) is 0.783. The molecule has 0 aromatic carbocycles. The van der Waals surface area contributed by atoms with Gasteiger partial charge in [0.15, 0.2) is 0 Å². The average Bonchev–Trinajstić information content (AvgIpc) is 2.14. The third-order valence-corrected chi connectivity index (χ3v) is 2.38. The summed E-state index contributed by atoms with van der Waals surface area (Å²) >= 11 is 1.75. The molecule has 0 aliphatic carbocycles. The highest BCUT2D eigenvalue weighted by molar-refractivity contribution is 7.99. The Bertz CT molecular complexity index is 250. The van der Waals surface area contributed by atoms with Crippen molar-refractivity contribution >= 4 is 11.8 Å². The van der Waals surface area contributed by atoms with Gasteiger partial charge in [-0.05, 0) is 18.6 Å². The molecule has 0 bridgehead atoms. The Labute approximate surface area is 77.6 Å². The van der Waals surface area contributed by atoms with Gasteiger partial charge in [-0.2, -0.15) is 0 Å². The Balaban J connectivity index is 2.21. The average molecular weight is 177 g/mol. The van der Waals surface area contributed by atoms with Crippen molar-refractivity contribution in [2.45, 2.75) is 17.9 Å². The molecule has 0 aliphatic rings. The minimum atomic E-state index is 0.861. The number of thioether (sulfide) groups is 1. The van der Waals surface area contributed by atoms with Gasteiger partial charge in [-0.3, -0.25) is 0 Å². The predicted molar refractivity (Wildman–Crippen MR) is 53.0 cm³/mol. The van der Waals surface area contributed by atoms with E-state index in [0.717, 1.165) is 23.6 Å². The van der Waals surface area contributed by atoms with Crippen molar-refractivity contribution in [1.82, 2.24) is 4.98 Å². The van der Waals surface area contributed by atoms with Gasteiger partial charge in [-0.25, -0.2) is 4.98 Å². The lowest BCUT2D eigenvalue weighted by atomic mass is 10.4. The molecule has 0 N–H and O–H groups in total. The van der Waals surface area contributed by atoms with E-state index in [4.69, 9.17) is 6.42 Å². The number of hydrogen-bond acceptors (Lipinski definition) is 2. The predicted octanol–water partition coefficient (Wildman–Crippen LogP) is 2.59. The summed E-state index contributed by atoms with van der Waals surface area (Å²) in [6.45, 7) is 0. The van der Waals surface area contributed by atoms with Crippen LogP contribution in [0.5, 0.6) is 0 Å². The van der Waals surface area contributed by atoms with Crippen LogP contribution in [0.15, 0.2) is 29.4 Å². The number of unbranched alkanes of at least 4 members (excludes halogenated alkanes) is 1. The molecule has 2 heteroatoms. The van der Waals surface area contributed by atoms with Crippen molar-refractivity contribution in [2.24, 2.45) is 0 Å². The van der Waals surface area contributed by atoms with Crippen LogP contribution in [0, 0.1) is 12.3 Å². The molecule has 62 valence electrons. The number of nitrogens with zero attached hydrogens (tertiary/aromatic N) is 1. The summed E-state index contributed by atoms with van der Waals surface area (Å²) in [7, 11) is 0. The molecule has 0 amide bonds. The van der Waals surface area contributed by atoms with E-state index < -0.39 is 0 Å². The Morgan fingerprint density at radius 3 is 3.08 bits per heavy atom. The molecule has 1 aromatic rings. The first kappa shape index (κ1) is 9.15. The first-order valence-electron chi connectivity index (χ1n) is 3.91. The molecule has 0 radical (unpaired) electrons. The first-order chi connectivity index (χ1) is 5.93. The van der Waals surface area contributed by atoms with E-state index in [1.54, 1.807) is 11.8 Å². The highest BCUT2D eigenvalue weighted by Gasteiger charge is 1.91. The molecule has 1 nitrogen and oxygen atoms in total. The van der Waals surface area contributed by atoms with E-state index in [9.17, 15) is 0 Å². The molecule has 0 saturated carbocycles. The summed E-state index contributed by atoms with van der Waals surface area (Å²) in [6.07, 6.45) is 8.87. The molecule has 12 heavy (non-hydrogen) atoms. The van der Waals surface area contributed by atoms with Crippen LogP contribution in [0.3, 0.4) is 0 Å². The van der Waals surface area contributed by atoms with Gasteiger partial charge in [0.2, 0.25) is 0 Å². The second kappa shape index (κ2) is 5.68. The van der Waals surface area contributed by atoms with Crippen molar-refractivity contribution in [2.75, 3.05) is 5.75 Å². The largest absolute Gasteiger partial charge is 0.250 e. The molecule has 1 rings (SSSR count). The van der Waals surface area contributed by atoms with E-state index in [1.165, 1.54) is 0 Å². The van der Waals surface area contributed by atoms with Crippen molar-refractivity contribution in [1.29, 1.82) is 0 Å². The molecule has 0 unspecified atom stereocenters. The Kier molecular flexibility index (Phi) is 4.33. The minimum absolute atomic E-state index is 0.861. The lowest BCUT2D eigenvalue weighted by Gasteiger charge is -1.96. The maximum Gasteiger partial charge on any atom is 0.0959 e. The second-order valence-corrected chi connectivity index (χ2v) is 3.44. The summed E-state index contributed by atoms with van der Waals surface area (Å²) in [5, 5.41) is 1.08. The fourth-order valence-corrected chi connectivity index (χ4v) is 1.59. The lowest BCUT2D eigenvalue weighted by molar-refractivity contribution is 0.992. The van der Waals surface area contributed by atoms with Crippen molar-refractivity contribution in [3.8, 4) is 12.3 Å². The van der Waals surface area contributed by atoms with Crippen LogP contribution in [-0.2, 0) is 0 Å². The zero-order chi connectivity index (χ0) is 8.65. The minimum Gasteiger partial charge on any atom is -0.250 e. The molecule has 1 aromatic heterocycles. The molecule has 0 saturated heterocycles. The molecule has 0 spiro atoms. The maximum atomic E-state index is 5.13. The summed E-state index contributed by atoms with van der Waals surface area (Å²) in [5.41, 5.74) is 0. The van der Waals surface area contributed by atoms with Crippen LogP contribution in [0.4, 0.5) is 0 Å². The molecular formula is C10H11NS. The van der Waals surface area contributed by atoms with Gasteiger partial charge in [0.1, 0.15) is 0 Å². The standard InChI is InChI=1S/C10H11NS/c1-2-3-6-9-12-10-7-4-5-8-11-10/h1,4-5,7-8H,3,6,9H2. The van der Waals surface area contributed by atoms with Gasteiger partial charge in [0, 0.05) is 18.4 Å². The third kappa shape index (κ3) is 3.45. The third-order valence-electron chi connectivity index (χ3n) is 1.35. The number of pyridine rings is 1. The quantitative estimate of drug-likeness (QED) is 0.398. The van der Waals surface area contributed by atoms with Gasteiger partial charge < -0.3 is 0 Å². The van der Waals surface area contributed by atoms with Crippen LogP contribution in [-0.4, -0.2) is 10.7 Å². The summed E-state index contributed by atoms with van der Waals surface area (Å²) in [6, 6.07) is 5.93. The topological polar surface area (TPSA) is 12.9 Å². The SMILES string of the molecule is C#CCCCSc1ccccn1. The summed E-state index contributed by atoms with van der Waals surface area (Å²) in [4.78, 5) is 4.19. The van der Waals surface area contributed by atoms with Crippen LogP contribution >= 0.6 is 11.8 Å². The zero-order valence-corrected chi connectivity index (χ0v) is 7.68. The van der Waals surface area contributed by atoms with Crippen LogP contribution in [0.25, 0.3) is 0 Å². The maximum absolute atomic E-state index is 5.13. The van der Waals surface area contributed by atoms with E-state index in [1.807, 2.05) is 24.4 Å². The molecular weight excluding hydrogens is 166 g/mol. The molecule has 0 atom stereocenters. The first-order valence-corrected chi connectivity index (χ1v) is 4.89. The van der Waals surface area contributed by atoms with Gasteiger partial charge >= 0.3 is 0 Å². The van der Waals surface area contributed by atoms with E-state index in [-0.39, 0.29) is 0 Å². The zero-order valence-electron chi connectivity index (χ0n) is 6.86. The van der Waals surface area contributed by atoms with Crippen molar-refractivity contribution in [3.63, 3.8) is 0 Å². The van der Waals surface area contributed by atoms with Gasteiger partial charge in [-0.1, -0.05) is 6.07 Å². The molecule has 0 fully saturated rings. The lowest BCUT2D eigenvalue weighted by Crippen LogP contribution is -1.81. The number of rotatable bonds is 4. The van der Waals surface area contributed by atoms with Gasteiger partial charge in [0.05, 0.1) is 5.03 Å². The number of terminal acetylenes is 1. The Morgan fingerprint density at radius 1 is 1.50 bits per heavy atom. The van der Waals surface area contributed by atoms with E-state index >= 15 is 0 Å². The van der Waals surface area contributed by atoms with Crippen molar-refractivity contribution in [3.05, 3.63) is 24.4 Å². The Morgan fingerprint density at radius 2 is 2.42 bits per heavy atom. The number of hydrogen-bond donors (Lipinski definition) is 0. The fraction of sp³-hybridized carbons (Fsp3) is 0.300. The van der Waals surface area contributed by atoms with Crippen LogP contribution in [0.1, 0.15) is 12.8 Å². The van der Waals surface area contributed by atoms with E-state index in [2.05, 4.69) is 10.9 Å². The molecule has 1 heterocycles.